The lowest BCUT2D eigenvalue weighted by Gasteiger charge is -2.20. The fourth-order valence-corrected chi connectivity index (χ4v) is 3.27. The zero-order chi connectivity index (χ0) is 14.3. The number of primary amides is 1. The number of aliphatic hydroxyl groups excluding tert-OH is 1. The second-order valence-electron chi connectivity index (χ2n) is 5.74. The summed E-state index contributed by atoms with van der Waals surface area (Å²) in [7, 11) is 0. The number of hydrogen-bond acceptors (Lipinski definition) is 4. The molecule has 2 atom stereocenters. The van der Waals surface area contributed by atoms with Crippen molar-refractivity contribution >= 4 is 27.5 Å². The minimum absolute atomic E-state index is 0.0862. The summed E-state index contributed by atoms with van der Waals surface area (Å²) in [4.78, 5) is 17.6. The van der Waals surface area contributed by atoms with E-state index in [-0.39, 0.29) is 18.2 Å². The third kappa shape index (κ3) is 2.81. The van der Waals surface area contributed by atoms with Gasteiger partial charge in [-0.15, -0.1) is 0 Å². The smallest absolute Gasteiger partial charge is 0.217 e. The molecule has 5 nitrogen and oxygen atoms in total. The van der Waals surface area contributed by atoms with Crippen LogP contribution in [-0.2, 0) is 4.79 Å². The second kappa shape index (κ2) is 5.33. The van der Waals surface area contributed by atoms with E-state index in [0.29, 0.717) is 19.0 Å². The molecule has 1 amide bonds. The Bertz CT molecular complexity index is 533. The van der Waals surface area contributed by atoms with Crippen LogP contribution >= 0.6 is 15.9 Å². The van der Waals surface area contributed by atoms with Gasteiger partial charge in [0.15, 0.2) is 0 Å². The largest absolute Gasteiger partial charge is 0.391 e. The summed E-state index contributed by atoms with van der Waals surface area (Å²) in [5.74, 6) is 0.149. The predicted octanol–water partition coefficient (Wildman–Crippen LogP) is 1.39. The molecule has 2 aliphatic rings. The number of anilines is 1. The highest BCUT2D eigenvalue weighted by molar-refractivity contribution is 9.10. The molecule has 3 N–H and O–H groups in total. The van der Waals surface area contributed by atoms with E-state index >= 15 is 0 Å². The van der Waals surface area contributed by atoms with Crippen LogP contribution in [0.15, 0.2) is 16.7 Å². The Morgan fingerprint density at radius 1 is 1.50 bits per heavy atom. The quantitative estimate of drug-likeness (QED) is 0.868. The number of halogens is 1. The van der Waals surface area contributed by atoms with Gasteiger partial charge in [0.05, 0.1) is 16.3 Å². The van der Waals surface area contributed by atoms with E-state index in [2.05, 4.69) is 31.9 Å². The molecule has 20 heavy (non-hydrogen) atoms. The summed E-state index contributed by atoms with van der Waals surface area (Å²) in [5.41, 5.74) is 7.40. The molecule has 2 heterocycles. The summed E-state index contributed by atoms with van der Waals surface area (Å²) in [6.07, 6.45) is 3.97. The molecule has 1 saturated heterocycles. The van der Waals surface area contributed by atoms with Gasteiger partial charge < -0.3 is 15.7 Å². The van der Waals surface area contributed by atoms with Crippen molar-refractivity contribution < 1.29 is 9.90 Å². The highest BCUT2D eigenvalue weighted by Crippen LogP contribution is 2.41. The Hall–Kier alpha value is -1.14. The van der Waals surface area contributed by atoms with Gasteiger partial charge in [-0.05, 0) is 34.8 Å². The Balaban J connectivity index is 1.79. The third-order valence-electron chi connectivity index (χ3n) is 4.06. The van der Waals surface area contributed by atoms with E-state index in [9.17, 15) is 9.90 Å². The Morgan fingerprint density at radius 2 is 2.25 bits per heavy atom. The van der Waals surface area contributed by atoms with Gasteiger partial charge in [0.2, 0.25) is 5.91 Å². The lowest BCUT2D eigenvalue weighted by atomic mass is 10.0. The van der Waals surface area contributed by atoms with Crippen molar-refractivity contribution in [1.82, 2.24) is 4.98 Å². The number of nitrogens with zero attached hydrogens (tertiary/aromatic N) is 2. The molecule has 1 aliphatic heterocycles. The number of pyridine rings is 1. The van der Waals surface area contributed by atoms with E-state index in [1.807, 2.05) is 6.20 Å². The van der Waals surface area contributed by atoms with Crippen molar-refractivity contribution in [2.24, 2.45) is 11.7 Å². The molecule has 0 spiro atoms. The summed E-state index contributed by atoms with van der Waals surface area (Å²) in [6.45, 7) is 1.18. The van der Waals surface area contributed by atoms with Gasteiger partial charge >= 0.3 is 0 Å². The summed E-state index contributed by atoms with van der Waals surface area (Å²) >= 11 is 3.52. The number of rotatable bonds is 4. The topological polar surface area (TPSA) is 79.5 Å². The summed E-state index contributed by atoms with van der Waals surface area (Å²) < 4.78 is 0.925. The molecule has 0 bridgehead atoms. The fourth-order valence-electron chi connectivity index (χ4n) is 2.80. The molecular formula is C14H18BrN3O2. The number of carbonyl (C=O) groups excluding carboxylic acids is 1. The summed E-state index contributed by atoms with van der Waals surface area (Å²) in [5, 5.41) is 10.1. The number of carbonyl (C=O) groups is 1. The zero-order valence-electron chi connectivity index (χ0n) is 11.1. The summed E-state index contributed by atoms with van der Waals surface area (Å²) in [6, 6.07) is 2.10. The lowest BCUT2D eigenvalue weighted by Crippen LogP contribution is -2.24. The van der Waals surface area contributed by atoms with E-state index < -0.39 is 6.10 Å². The van der Waals surface area contributed by atoms with Crippen LogP contribution in [0.4, 0.5) is 5.69 Å². The number of aromatic nitrogens is 1. The minimum Gasteiger partial charge on any atom is -0.391 e. The molecule has 1 aromatic heterocycles. The van der Waals surface area contributed by atoms with Crippen molar-refractivity contribution in [3.63, 3.8) is 0 Å². The van der Waals surface area contributed by atoms with Crippen LogP contribution in [0.1, 0.15) is 30.9 Å². The van der Waals surface area contributed by atoms with Crippen molar-refractivity contribution in [1.29, 1.82) is 0 Å². The maximum atomic E-state index is 11.0. The first-order chi connectivity index (χ1) is 9.54. The monoisotopic (exact) mass is 339 g/mol. The van der Waals surface area contributed by atoms with Gasteiger partial charge in [0, 0.05) is 43.2 Å². The average Bonchev–Trinajstić information content (AvgIpc) is 3.16. The minimum atomic E-state index is -0.507. The van der Waals surface area contributed by atoms with Crippen LogP contribution in [0.3, 0.4) is 0 Å². The van der Waals surface area contributed by atoms with Gasteiger partial charge in [-0.3, -0.25) is 9.78 Å². The van der Waals surface area contributed by atoms with Crippen LogP contribution in [0, 0.1) is 5.92 Å². The van der Waals surface area contributed by atoms with Crippen LogP contribution in [-0.4, -0.2) is 35.2 Å². The third-order valence-corrected chi connectivity index (χ3v) is 4.67. The molecule has 108 valence electrons. The van der Waals surface area contributed by atoms with Crippen molar-refractivity contribution in [2.75, 3.05) is 18.0 Å². The maximum absolute atomic E-state index is 11.0. The number of hydrogen-bond donors (Lipinski definition) is 2. The molecule has 1 saturated carbocycles. The molecule has 0 unspecified atom stereocenters. The zero-order valence-corrected chi connectivity index (χ0v) is 12.7. The first-order valence-corrected chi connectivity index (χ1v) is 7.70. The standard InChI is InChI=1S/C14H18BrN3O2/c15-10-5-17-11(8-1-2-8)4-12(10)18-6-9(3-14(16)20)13(19)7-18/h4-5,8-9,13,19H,1-3,6-7H2,(H2,16,20)/t9-,13-/m1/s1. The van der Waals surface area contributed by atoms with Crippen LogP contribution in [0.25, 0.3) is 0 Å². The normalized spacial score (nSPS) is 26.0. The van der Waals surface area contributed by atoms with E-state index in [4.69, 9.17) is 5.73 Å². The van der Waals surface area contributed by atoms with E-state index in [1.54, 1.807) is 0 Å². The SMILES string of the molecule is NC(=O)C[C@@H]1CN(c2cc(C3CC3)ncc2Br)C[C@H]1O. The molecule has 2 fully saturated rings. The molecular weight excluding hydrogens is 322 g/mol. The molecule has 0 radical (unpaired) electrons. The average molecular weight is 340 g/mol. The van der Waals surface area contributed by atoms with Crippen molar-refractivity contribution in [2.45, 2.75) is 31.3 Å². The van der Waals surface area contributed by atoms with Crippen molar-refractivity contribution in [3.8, 4) is 0 Å². The second-order valence-corrected chi connectivity index (χ2v) is 6.59. The fraction of sp³-hybridized carbons (Fsp3) is 0.571. The first kappa shape index (κ1) is 13.8. The highest BCUT2D eigenvalue weighted by Gasteiger charge is 2.34. The van der Waals surface area contributed by atoms with E-state index in [0.717, 1.165) is 15.9 Å². The van der Waals surface area contributed by atoms with Crippen LogP contribution < -0.4 is 10.6 Å². The Labute approximate surface area is 126 Å². The van der Waals surface area contributed by atoms with Gasteiger partial charge in [-0.2, -0.15) is 0 Å². The Kier molecular flexibility index (Phi) is 3.69. The van der Waals surface area contributed by atoms with Crippen LogP contribution in [0.5, 0.6) is 0 Å². The highest BCUT2D eigenvalue weighted by atomic mass is 79.9. The van der Waals surface area contributed by atoms with E-state index in [1.165, 1.54) is 12.8 Å². The molecule has 1 aromatic rings. The first-order valence-electron chi connectivity index (χ1n) is 6.91. The van der Waals surface area contributed by atoms with Gasteiger partial charge in [-0.1, -0.05) is 0 Å². The predicted molar refractivity (Wildman–Crippen MR) is 79.4 cm³/mol. The van der Waals surface area contributed by atoms with Gasteiger partial charge in [-0.25, -0.2) is 0 Å². The molecule has 0 aromatic carbocycles. The maximum Gasteiger partial charge on any atom is 0.217 e. The number of amides is 1. The lowest BCUT2D eigenvalue weighted by molar-refractivity contribution is -0.119. The van der Waals surface area contributed by atoms with Gasteiger partial charge in [0.25, 0.3) is 0 Å². The Morgan fingerprint density at radius 3 is 2.90 bits per heavy atom. The van der Waals surface area contributed by atoms with Crippen molar-refractivity contribution in [3.05, 3.63) is 22.4 Å². The number of β-amino-alcohol motifs (C(OH)–C–C–N with tert-alkyl or cyclic N) is 1. The molecule has 1 aliphatic carbocycles. The molecule has 6 heteroatoms. The van der Waals surface area contributed by atoms with Crippen LogP contribution in [0.2, 0.25) is 0 Å². The number of aliphatic hydroxyl groups is 1. The number of nitrogens with two attached hydrogens (primary N) is 1. The van der Waals surface area contributed by atoms with Gasteiger partial charge in [0.1, 0.15) is 0 Å². The molecule has 3 rings (SSSR count).